The number of aryl methyl sites for hydroxylation is 1. The van der Waals surface area contributed by atoms with Crippen LogP contribution in [-0.4, -0.2) is 30.1 Å². The van der Waals surface area contributed by atoms with Gasteiger partial charge in [0.2, 0.25) is 0 Å². The molecule has 5 nitrogen and oxygen atoms in total. The Balaban J connectivity index is 1.77. The smallest absolute Gasteiger partial charge is 0.345 e. The highest BCUT2D eigenvalue weighted by Crippen LogP contribution is 2.16. The minimum atomic E-state index is -1.03. The molecule has 0 spiro atoms. The van der Waals surface area contributed by atoms with Crippen LogP contribution in [0.2, 0.25) is 0 Å². The van der Waals surface area contributed by atoms with Crippen molar-refractivity contribution in [3.8, 4) is 5.75 Å². The molecule has 0 unspecified atom stereocenters. The molecule has 0 aliphatic heterocycles. The zero-order chi connectivity index (χ0) is 15.2. The SMILES string of the molecule is Cc1cccc(OCCNC(=O)c2ccc(C(=O)O)s2)c1. The minimum absolute atomic E-state index is 0.149. The number of rotatable bonds is 6. The monoisotopic (exact) mass is 305 g/mol. The Kier molecular flexibility index (Phi) is 4.94. The van der Waals surface area contributed by atoms with Crippen LogP contribution in [0.15, 0.2) is 36.4 Å². The number of amides is 1. The maximum Gasteiger partial charge on any atom is 0.345 e. The molecule has 110 valence electrons. The third-order valence-electron chi connectivity index (χ3n) is 2.69. The normalized spacial score (nSPS) is 10.1. The maximum atomic E-state index is 11.8. The van der Waals surface area contributed by atoms with Crippen molar-refractivity contribution in [2.24, 2.45) is 0 Å². The molecule has 0 aliphatic rings. The van der Waals surface area contributed by atoms with E-state index in [1.54, 1.807) is 0 Å². The highest BCUT2D eigenvalue weighted by Gasteiger charge is 2.12. The van der Waals surface area contributed by atoms with Crippen molar-refractivity contribution in [3.63, 3.8) is 0 Å². The standard InChI is InChI=1S/C15H15NO4S/c1-10-3-2-4-11(9-10)20-8-7-16-14(17)12-5-6-13(21-12)15(18)19/h2-6,9H,7-8H2,1H3,(H,16,17)(H,18,19). The average Bonchev–Trinajstić information content (AvgIpc) is 2.93. The van der Waals surface area contributed by atoms with Crippen molar-refractivity contribution < 1.29 is 19.4 Å². The first-order chi connectivity index (χ1) is 10.1. The molecule has 1 amide bonds. The van der Waals surface area contributed by atoms with Gasteiger partial charge in [0.15, 0.2) is 0 Å². The molecule has 0 radical (unpaired) electrons. The number of ether oxygens (including phenoxy) is 1. The predicted octanol–water partition coefficient (Wildman–Crippen LogP) is 2.56. The summed E-state index contributed by atoms with van der Waals surface area (Å²) in [5, 5.41) is 11.5. The lowest BCUT2D eigenvalue weighted by Gasteiger charge is -2.07. The van der Waals surface area contributed by atoms with Crippen LogP contribution in [0.5, 0.6) is 5.75 Å². The minimum Gasteiger partial charge on any atom is -0.492 e. The largest absolute Gasteiger partial charge is 0.492 e. The summed E-state index contributed by atoms with van der Waals surface area (Å²) in [4.78, 5) is 23.1. The molecule has 0 bridgehead atoms. The van der Waals surface area contributed by atoms with E-state index in [0.29, 0.717) is 18.0 Å². The van der Waals surface area contributed by atoms with Gasteiger partial charge in [-0.15, -0.1) is 11.3 Å². The first-order valence-electron chi connectivity index (χ1n) is 6.37. The second-order valence-corrected chi connectivity index (χ2v) is 5.47. The van der Waals surface area contributed by atoms with Gasteiger partial charge in [-0.25, -0.2) is 4.79 Å². The van der Waals surface area contributed by atoms with E-state index >= 15 is 0 Å². The van der Waals surface area contributed by atoms with Crippen LogP contribution >= 0.6 is 11.3 Å². The van der Waals surface area contributed by atoms with Gasteiger partial charge in [0.05, 0.1) is 11.4 Å². The van der Waals surface area contributed by atoms with E-state index < -0.39 is 5.97 Å². The molecule has 1 aromatic heterocycles. The topological polar surface area (TPSA) is 75.6 Å². The fraction of sp³-hybridized carbons (Fsp3) is 0.200. The molecule has 1 heterocycles. The van der Waals surface area contributed by atoms with Crippen LogP contribution in [0.25, 0.3) is 0 Å². The summed E-state index contributed by atoms with van der Waals surface area (Å²) >= 11 is 0.953. The molecular weight excluding hydrogens is 290 g/mol. The van der Waals surface area contributed by atoms with Crippen LogP contribution < -0.4 is 10.1 Å². The lowest BCUT2D eigenvalue weighted by Crippen LogP contribution is -2.27. The van der Waals surface area contributed by atoms with Crippen molar-refractivity contribution in [3.05, 3.63) is 51.7 Å². The van der Waals surface area contributed by atoms with Crippen molar-refractivity contribution in [2.45, 2.75) is 6.92 Å². The summed E-state index contributed by atoms with van der Waals surface area (Å²) in [5.74, 6) is -0.560. The highest BCUT2D eigenvalue weighted by molar-refractivity contribution is 7.15. The molecule has 0 saturated heterocycles. The Morgan fingerprint density at radius 2 is 2.00 bits per heavy atom. The maximum absolute atomic E-state index is 11.8. The van der Waals surface area contributed by atoms with Gasteiger partial charge in [0.25, 0.3) is 5.91 Å². The highest BCUT2D eigenvalue weighted by atomic mass is 32.1. The summed E-state index contributed by atoms with van der Waals surface area (Å²) in [5.41, 5.74) is 1.11. The van der Waals surface area contributed by atoms with Gasteiger partial charge in [-0.3, -0.25) is 4.79 Å². The Hall–Kier alpha value is -2.34. The Morgan fingerprint density at radius 1 is 1.24 bits per heavy atom. The van der Waals surface area contributed by atoms with E-state index in [2.05, 4.69) is 5.32 Å². The van der Waals surface area contributed by atoms with E-state index in [1.165, 1.54) is 12.1 Å². The van der Waals surface area contributed by atoms with Gasteiger partial charge in [-0.2, -0.15) is 0 Å². The molecule has 0 saturated carbocycles. The van der Waals surface area contributed by atoms with Crippen molar-refractivity contribution in [1.29, 1.82) is 0 Å². The van der Waals surface area contributed by atoms with Crippen LogP contribution in [0.3, 0.4) is 0 Å². The zero-order valence-corrected chi connectivity index (χ0v) is 12.3. The Morgan fingerprint density at radius 3 is 2.67 bits per heavy atom. The van der Waals surface area contributed by atoms with Crippen LogP contribution in [-0.2, 0) is 0 Å². The molecule has 6 heteroatoms. The van der Waals surface area contributed by atoms with Gasteiger partial charge >= 0.3 is 5.97 Å². The number of aromatic carboxylic acids is 1. The number of carboxylic acids is 1. The number of carbonyl (C=O) groups is 2. The van der Waals surface area contributed by atoms with E-state index in [-0.39, 0.29) is 10.8 Å². The molecule has 0 fully saturated rings. The molecular formula is C15H15NO4S. The lowest BCUT2D eigenvalue weighted by atomic mass is 10.2. The molecule has 2 N–H and O–H groups in total. The molecule has 2 aromatic rings. The molecule has 1 aromatic carbocycles. The van der Waals surface area contributed by atoms with Gasteiger partial charge in [0.1, 0.15) is 17.2 Å². The fourth-order valence-corrected chi connectivity index (χ4v) is 2.46. The summed E-state index contributed by atoms with van der Waals surface area (Å²) in [6.45, 7) is 2.69. The number of carboxylic acid groups (broad SMARTS) is 1. The number of hydrogen-bond acceptors (Lipinski definition) is 4. The molecule has 21 heavy (non-hydrogen) atoms. The van der Waals surface area contributed by atoms with Gasteiger partial charge in [-0.1, -0.05) is 12.1 Å². The van der Waals surface area contributed by atoms with Gasteiger partial charge in [0, 0.05) is 0 Å². The summed E-state index contributed by atoms with van der Waals surface area (Å²) in [6, 6.07) is 10.6. The Labute approximate surface area is 126 Å². The lowest BCUT2D eigenvalue weighted by molar-refractivity contribution is 0.0702. The van der Waals surface area contributed by atoms with Gasteiger partial charge < -0.3 is 15.2 Å². The van der Waals surface area contributed by atoms with Gasteiger partial charge in [-0.05, 0) is 36.8 Å². The second kappa shape index (κ2) is 6.90. The van der Waals surface area contributed by atoms with E-state index in [4.69, 9.17) is 9.84 Å². The number of carbonyl (C=O) groups excluding carboxylic acids is 1. The van der Waals surface area contributed by atoms with Crippen LogP contribution in [0, 0.1) is 6.92 Å². The Bertz CT molecular complexity index is 651. The number of nitrogens with one attached hydrogen (secondary N) is 1. The van der Waals surface area contributed by atoms with Crippen molar-refractivity contribution >= 4 is 23.2 Å². The first kappa shape index (κ1) is 15.1. The van der Waals surface area contributed by atoms with Crippen molar-refractivity contribution in [2.75, 3.05) is 13.2 Å². The predicted molar refractivity (Wildman–Crippen MR) is 80.3 cm³/mol. The third-order valence-corrected chi connectivity index (χ3v) is 3.76. The molecule has 0 aliphatic carbocycles. The number of thiophene rings is 1. The van der Waals surface area contributed by atoms with Crippen LogP contribution in [0.1, 0.15) is 24.9 Å². The first-order valence-corrected chi connectivity index (χ1v) is 7.19. The number of hydrogen-bond donors (Lipinski definition) is 2. The molecule has 0 atom stereocenters. The quantitative estimate of drug-likeness (QED) is 0.804. The fourth-order valence-electron chi connectivity index (χ4n) is 1.70. The zero-order valence-electron chi connectivity index (χ0n) is 11.5. The van der Waals surface area contributed by atoms with Crippen LogP contribution in [0.4, 0.5) is 0 Å². The summed E-state index contributed by atoms with van der Waals surface area (Å²) in [7, 11) is 0. The van der Waals surface area contributed by atoms with E-state index in [1.807, 2.05) is 31.2 Å². The third kappa shape index (κ3) is 4.32. The van der Waals surface area contributed by atoms with E-state index in [0.717, 1.165) is 22.6 Å². The average molecular weight is 305 g/mol. The molecule has 2 rings (SSSR count). The summed E-state index contributed by atoms with van der Waals surface area (Å²) in [6.07, 6.45) is 0. The number of benzene rings is 1. The summed E-state index contributed by atoms with van der Waals surface area (Å²) < 4.78 is 5.51. The van der Waals surface area contributed by atoms with Crippen molar-refractivity contribution in [1.82, 2.24) is 5.32 Å². The van der Waals surface area contributed by atoms with E-state index in [9.17, 15) is 9.59 Å². The second-order valence-electron chi connectivity index (χ2n) is 4.39.